The van der Waals surface area contributed by atoms with Gasteiger partial charge in [0, 0.05) is 30.4 Å². The monoisotopic (exact) mass is 351 g/mol. The van der Waals surface area contributed by atoms with E-state index in [1.807, 2.05) is 30.7 Å². The first-order valence-electron chi connectivity index (χ1n) is 6.74. The smallest absolute Gasteiger partial charge is 0.213 e. The minimum Gasteiger partial charge on any atom is -0.481 e. The summed E-state index contributed by atoms with van der Waals surface area (Å²) in [6.07, 6.45) is 4.05. The van der Waals surface area contributed by atoms with Crippen LogP contribution in [0, 0.1) is 5.92 Å². The zero-order chi connectivity index (χ0) is 15.4. The zero-order valence-electron chi connectivity index (χ0n) is 12.3. The van der Waals surface area contributed by atoms with Gasteiger partial charge in [0.1, 0.15) is 10.4 Å². The lowest BCUT2D eigenvalue weighted by Gasteiger charge is -2.09. The van der Waals surface area contributed by atoms with Gasteiger partial charge in [-0.15, -0.1) is 0 Å². The van der Waals surface area contributed by atoms with Gasteiger partial charge in [-0.1, -0.05) is 13.8 Å². The van der Waals surface area contributed by atoms with E-state index >= 15 is 0 Å². The molecule has 2 aromatic heterocycles. The molecule has 0 aliphatic heterocycles. The van der Waals surface area contributed by atoms with Crippen molar-refractivity contribution in [1.82, 2.24) is 14.5 Å². The normalized spacial score (nSPS) is 10.9. The summed E-state index contributed by atoms with van der Waals surface area (Å²) >= 11 is 3.37. The second kappa shape index (κ2) is 6.85. The summed E-state index contributed by atoms with van der Waals surface area (Å²) in [5.41, 5.74) is 0.866. The molecule has 0 aromatic carbocycles. The fourth-order valence-electron chi connectivity index (χ4n) is 2.10. The fourth-order valence-corrected chi connectivity index (χ4v) is 2.52. The highest BCUT2D eigenvalue weighted by Crippen LogP contribution is 2.24. The zero-order valence-corrected chi connectivity index (χ0v) is 13.9. The van der Waals surface area contributed by atoms with E-state index in [-0.39, 0.29) is 5.78 Å². The Hall–Kier alpha value is -1.69. The number of nitrogens with zero attached hydrogens (tertiary/aromatic N) is 3. The average molecular weight is 352 g/mol. The SMILES string of the molecule is COc1cc(-c2nc(Br)cn2CC(=O)CC(C)C)ccn1. The maximum absolute atomic E-state index is 12.0. The number of Topliss-reactive ketones (excluding diaryl/α,β-unsaturated/α-hetero) is 1. The Labute approximate surface area is 132 Å². The number of aromatic nitrogens is 3. The number of pyridine rings is 1. The summed E-state index contributed by atoms with van der Waals surface area (Å²) in [5.74, 6) is 1.79. The molecule has 0 atom stereocenters. The maximum atomic E-state index is 12.0. The minimum atomic E-state index is 0.192. The molecular formula is C15H18BrN3O2. The topological polar surface area (TPSA) is 57.0 Å². The van der Waals surface area contributed by atoms with Crippen LogP contribution in [0.5, 0.6) is 5.88 Å². The van der Waals surface area contributed by atoms with Crippen molar-refractivity contribution in [3.05, 3.63) is 29.1 Å². The number of halogens is 1. The molecule has 0 amide bonds. The first-order chi connectivity index (χ1) is 9.99. The summed E-state index contributed by atoms with van der Waals surface area (Å²) in [4.78, 5) is 20.6. The number of hydrogen-bond acceptors (Lipinski definition) is 4. The molecular weight excluding hydrogens is 334 g/mol. The fraction of sp³-hybridized carbons (Fsp3) is 0.400. The number of imidazole rings is 1. The molecule has 2 aromatic rings. The second-order valence-corrected chi connectivity index (χ2v) is 6.05. The molecule has 0 saturated heterocycles. The van der Waals surface area contributed by atoms with E-state index in [4.69, 9.17) is 4.74 Å². The van der Waals surface area contributed by atoms with E-state index in [0.29, 0.717) is 29.4 Å². The molecule has 0 aliphatic carbocycles. The standard InChI is InChI=1S/C15H18BrN3O2/c1-10(2)6-12(20)8-19-9-13(16)18-15(19)11-4-5-17-14(7-11)21-3/h4-5,7,9-10H,6,8H2,1-3H3. The van der Waals surface area contributed by atoms with Gasteiger partial charge in [0.25, 0.3) is 0 Å². The summed E-state index contributed by atoms with van der Waals surface area (Å²) < 4.78 is 7.68. The Morgan fingerprint density at radius 3 is 2.90 bits per heavy atom. The van der Waals surface area contributed by atoms with Crippen molar-refractivity contribution in [2.45, 2.75) is 26.8 Å². The average Bonchev–Trinajstić information content (AvgIpc) is 2.78. The molecule has 0 aliphatic rings. The van der Waals surface area contributed by atoms with Gasteiger partial charge in [-0.2, -0.15) is 0 Å². The molecule has 5 nitrogen and oxygen atoms in total. The first-order valence-corrected chi connectivity index (χ1v) is 7.53. The molecule has 0 saturated carbocycles. The van der Waals surface area contributed by atoms with Crippen molar-refractivity contribution in [3.63, 3.8) is 0 Å². The van der Waals surface area contributed by atoms with Gasteiger partial charge >= 0.3 is 0 Å². The summed E-state index contributed by atoms with van der Waals surface area (Å²) in [5, 5.41) is 0. The molecule has 0 fully saturated rings. The van der Waals surface area contributed by atoms with Gasteiger partial charge in [0.05, 0.1) is 13.7 Å². The van der Waals surface area contributed by atoms with Crippen LogP contribution < -0.4 is 4.74 Å². The van der Waals surface area contributed by atoms with Gasteiger partial charge in [-0.05, 0) is 27.9 Å². The Kier molecular flexibility index (Phi) is 5.12. The lowest BCUT2D eigenvalue weighted by molar-refractivity contribution is -0.120. The number of hydrogen-bond donors (Lipinski definition) is 0. The Morgan fingerprint density at radius 2 is 2.24 bits per heavy atom. The van der Waals surface area contributed by atoms with Crippen LogP contribution in [0.3, 0.4) is 0 Å². The van der Waals surface area contributed by atoms with Crippen LogP contribution in [0.25, 0.3) is 11.4 Å². The lowest BCUT2D eigenvalue weighted by atomic mass is 10.1. The van der Waals surface area contributed by atoms with Gasteiger partial charge in [0.15, 0.2) is 5.78 Å². The quantitative estimate of drug-likeness (QED) is 0.800. The van der Waals surface area contributed by atoms with Crippen LogP contribution in [0.15, 0.2) is 29.1 Å². The Morgan fingerprint density at radius 1 is 1.48 bits per heavy atom. The molecule has 0 N–H and O–H groups in total. The first kappa shape index (κ1) is 15.7. The van der Waals surface area contributed by atoms with Gasteiger partial charge in [0.2, 0.25) is 5.88 Å². The van der Waals surface area contributed by atoms with E-state index in [1.54, 1.807) is 19.4 Å². The third-order valence-electron chi connectivity index (χ3n) is 2.93. The predicted octanol–water partition coefficient (Wildman–Crippen LogP) is 3.33. The van der Waals surface area contributed by atoms with Gasteiger partial charge < -0.3 is 9.30 Å². The van der Waals surface area contributed by atoms with Crippen molar-refractivity contribution < 1.29 is 9.53 Å². The van der Waals surface area contributed by atoms with E-state index < -0.39 is 0 Å². The number of ketones is 1. The summed E-state index contributed by atoms with van der Waals surface area (Å²) in [7, 11) is 1.57. The molecule has 0 unspecified atom stereocenters. The molecule has 2 heterocycles. The van der Waals surface area contributed by atoms with Crippen molar-refractivity contribution >= 4 is 21.7 Å². The van der Waals surface area contributed by atoms with Crippen molar-refractivity contribution in [1.29, 1.82) is 0 Å². The highest BCUT2D eigenvalue weighted by Gasteiger charge is 2.14. The minimum absolute atomic E-state index is 0.192. The molecule has 6 heteroatoms. The number of rotatable bonds is 6. The van der Waals surface area contributed by atoms with Crippen LogP contribution in [-0.2, 0) is 11.3 Å². The lowest BCUT2D eigenvalue weighted by Crippen LogP contribution is -2.12. The van der Waals surface area contributed by atoms with Crippen LogP contribution in [0.1, 0.15) is 20.3 Å². The Balaban J connectivity index is 2.29. The third-order valence-corrected chi connectivity index (χ3v) is 3.31. The second-order valence-electron chi connectivity index (χ2n) is 5.24. The van der Waals surface area contributed by atoms with Gasteiger partial charge in [-0.25, -0.2) is 9.97 Å². The number of carbonyl (C=O) groups excluding carboxylic acids is 1. The van der Waals surface area contributed by atoms with E-state index in [2.05, 4.69) is 25.9 Å². The van der Waals surface area contributed by atoms with E-state index in [9.17, 15) is 4.79 Å². The predicted molar refractivity (Wildman–Crippen MR) is 84.2 cm³/mol. The number of methoxy groups -OCH3 is 1. The van der Waals surface area contributed by atoms with Crippen molar-refractivity contribution in [2.75, 3.05) is 7.11 Å². The van der Waals surface area contributed by atoms with Crippen LogP contribution in [0.4, 0.5) is 0 Å². The molecule has 2 rings (SSSR count). The number of ether oxygens (including phenoxy) is 1. The largest absolute Gasteiger partial charge is 0.481 e. The highest BCUT2D eigenvalue weighted by molar-refractivity contribution is 9.10. The van der Waals surface area contributed by atoms with E-state index in [1.165, 1.54) is 0 Å². The van der Waals surface area contributed by atoms with E-state index in [0.717, 1.165) is 11.4 Å². The molecule has 21 heavy (non-hydrogen) atoms. The summed E-state index contributed by atoms with van der Waals surface area (Å²) in [6, 6.07) is 3.65. The third kappa shape index (κ3) is 4.14. The van der Waals surface area contributed by atoms with Crippen LogP contribution >= 0.6 is 15.9 Å². The van der Waals surface area contributed by atoms with Crippen LogP contribution in [0.2, 0.25) is 0 Å². The molecule has 0 radical (unpaired) electrons. The number of carbonyl (C=O) groups is 1. The van der Waals surface area contributed by atoms with Crippen molar-refractivity contribution in [2.24, 2.45) is 5.92 Å². The molecule has 112 valence electrons. The summed E-state index contributed by atoms with van der Waals surface area (Å²) in [6.45, 7) is 4.39. The van der Waals surface area contributed by atoms with Crippen LogP contribution in [-0.4, -0.2) is 27.4 Å². The highest BCUT2D eigenvalue weighted by atomic mass is 79.9. The van der Waals surface area contributed by atoms with Crippen molar-refractivity contribution in [3.8, 4) is 17.3 Å². The Bertz CT molecular complexity index is 638. The maximum Gasteiger partial charge on any atom is 0.213 e. The van der Waals surface area contributed by atoms with Gasteiger partial charge in [-0.3, -0.25) is 4.79 Å². The molecule has 0 bridgehead atoms. The molecule has 0 spiro atoms.